The number of nitrogens with zero attached hydrogens (tertiary/aromatic N) is 1. The Morgan fingerprint density at radius 1 is 1.08 bits per heavy atom. The molecule has 1 saturated heterocycles. The van der Waals surface area contributed by atoms with Crippen molar-refractivity contribution in [2.24, 2.45) is 0 Å². The molecule has 1 N–H and O–H groups in total. The van der Waals surface area contributed by atoms with E-state index in [1.807, 2.05) is 0 Å². The van der Waals surface area contributed by atoms with Gasteiger partial charge in [0.1, 0.15) is 11.6 Å². The fourth-order valence-corrected chi connectivity index (χ4v) is 4.63. The van der Waals surface area contributed by atoms with E-state index in [1.165, 1.54) is 24.1 Å². The Balaban J connectivity index is 1.79. The number of carbonyl (C=O) groups excluding carboxylic acids is 1. The number of methoxy groups -OCH3 is 1. The maximum Gasteiger partial charge on any atom is 0.416 e. The molecule has 1 aliphatic rings. The van der Waals surface area contributed by atoms with Crippen LogP contribution in [0.4, 0.5) is 22.4 Å². The van der Waals surface area contributed by atoms with Gasteiger partial charge in [0.25, 0.3) is 0 Å². The number of aliphatic hydroxyl groups is 1. The van der Waals surface area contributed by atoms with E-state index < -0.39 is 35.9 Å². The van der Waals surface area contributed by atoms with Crippen molar-refractivity contribution in [3.63, 3.8) is 0 Å². The summed E-state index contributed by atoms with van der Waals surface area (Å²) < 4.78 is 66.7. The first-order valence-electron chi connectivity index (χ1n) is 12.3. The molecular weight excluding hydrogens is 514 g/mol. The van der Waals surface area contributed by atoms with Crippen LogP contribution in [0.5, 0.6) is 5.75 Å². The standard InChI is InChI=1S/C30H29F4NO4/c1-16(2)24-13-25(27(38-5)14-26(24)31)23-10-9-22(30(32,33)34)12-21(23)15-35-17(3)28(39-29(35)37)20-8-6-7-19(11-20)18(4)36/h6-14,16,18,28,36H,3,15H2,1-2,4-5H3/t18?,28-/m0/s1. The van der Waals surface area contributed by atoms with Gasteiger partial charge in [-0.3, -0.25) is 4.90 Å². The first-order valence-corrected chi connectivity index (χ1v) is 12.3. The van der Waals surface area contributed by atoms with Crippen LogP contribution in [-0.4, -0.2) is 23.2 Å². The fourth-order valence-electron chi connectivity index (χ4n) is 4.63. The van der Waals surface area contributed by atoms with Gasteiger partial charge >= 0.3 is 12.3 Å². The normalized spacial score (nSPS) is 16.6. The SMILES string of the molecule is C=C1[C@@H](c2cccc(C(C)O)c2)OC(=O)N1Cc1cc(C(F)(F)F)ccc1-c1cc(C(C)C)c(F)cc1OC. The second kappa shape index (κ2) is 10.7. The molecule has 0 aliphatic carbocycles. The predicted molar refractivity (Wildman–Crippen MR) is 138 cm³/mol. The van der Waals surface area contributed by atoms with Gasteiger partial charge in [-0.05, 0) is 64.9 Å². The number of cyclic esters (lactones) is 1. The Kier molecular flexibility index (Phi) is 7.75. The van der Waals surface area contributed by atoms with E-state index in [0.29, 0.717) is 27.8 Å². The largest absolute Gasteiger partial charge is 0.496 e. The van der Waals surface area contributed by atoms with Crippen LogP contribution < -0.4 is 4.74 Å². The zero-order chi connectivity index (χ0) is 28.6. The molecule has 0 radical (unpaired) electrons. The number of halogens is 4. The predicted octanol–water partition coefficient (Wildman–Crippen LogP) is 7.90. The Bertz CT molecular complexity index is 1410. The molecule has 3 aromatic rings. The van der Waals surface area contributed by atoms with Gasteiger partial charge in [-0.25, -0.2) is 9.18 Å². The number of rotatable bonds is 7. The third-order valence-electron chi connectivity index (χ3n) is 6.78. The van der Waals surface area contributed by atoms with Crippen molar-refractivity contribution >= 4 is 6.09 Å². The van der Waals surface area contributed by atoms with Crippen molar-refractivity contribution in [1.82, 2.24) is 4.90 Å². The molecule has 206 valence electrons. The third-order valence-corrected chi connectivity index (χ3v) is 6.78. The van der Waals surface area contributed by atoms with Crippen LogP contribution in [-0.2, 0) is 17.5 Å². The van der Waals surface area contributed by atoms with E-state index in [4.69, 9.17) is 9.47 Å². The van der Waals surface area contributed by atoms with Gasteiger partial charge in [0, 0.05) is 11.6 Å². The molecule has 0 bridgehead atoms. The summed E-state index contributed by atoms with van der Waals surface area (Å²) in [6.07, 6.45) is -7.03. The molecule has 1 fully saturated rings. The summed E-state index contributed by atoms with van der Waals surface area (Å²) in [5, 5.41) is 9.93. The highest BCUT2D eigenvalue weighted by Crippen LogP contribution is 2.42. The summed E-state index contributed by atoms with van der Waals surface area (Å²) in [6.45, 7) is 8.93. The molecule has 39 heavy (non-hydrogen) atoms. The number of hydrogen-bond donors (Lipinski definition) is 1. The summed E-state index contributed by atoms with van der Waals surface area (Å²) in [5.74, 6) is -0.537. The molecule has 1 heterocycles. The number of benzene rings is 3. The molecule has 1 aliphatic heterocycles. The molecule has 0 aromatic heterocycles. The number of aliphatic hydroxyl groups excluding tert-OH is 1. The third kappa shape index (κ3) is 5.63. The molecule has 1 amide bonds. The van der Waals surface area contributed by atoms with Gasteiger partial charge in [-0.15, -0.1) is 0 Å². The molecule has 1 unspecified atom stereocenters. The zero-order valence-corrected chi connectivity index (χ0v) is 22.0. The minimum atomic E-state index is -4.63. The van der Waals surface area contributed by atoms with Crippen LogP contribution >= 0.6 is 0 Å². The summed E-state index contributed by atoms with van der Waals surface area (Å²) in [7, 11) is 1.35. The van der Waals surface area contributed by atoms with Crippen molar-refractivity contribution in [3.8, 4) is 16.9 Å². The first kappa shape index (κ1) is 28.2. The van der Waals surface area contributed by atoms with Crippen LogP contribution in [0.1, 0.15) is 66.7 Å². The first-order chi connectivity index (χ1) is 18.3. The smallest absolute Gasteiger partial charge is 0.416 e. The maximum atomic E-state index is 14.7. The second-order valence-corrected chi connectivity index (χ2v) is 9.79. The lowest BCUT2D eigenvalue weighted by Crippen LogP contribution is -2.22. The fraction of sp³-hybridized carbons (Fsp3) is 0.300. The zero-order valence-electron chi connectivity index (χ0n) is 22.0. The topological polar surface area (TPSA) is 59.0 Å². The van der Waals surface area contributed by atoms with Crippen molar-refractivity contribution < 1.29 is 36.9 Å². The maximum absolute atomic E-state index is 14.7. The van der Waals surface area contributed by atoms with Crippen molar-refractivity contribution in [2.45, 2.75) is 51.6 Å². The van der Waals surface area contributed by atoms with Gasteiger partial charge in [-0.2, -0.15) is 13.2 Å². The Morgan fingerprint density at radius 3 is 2.41 bits per heavy atom. The minimum absolute atomic E-state index is 0.147. The molecule has 0 spiro atoms. The van der Waals surface area contributed by atoms with Crippen LogP contribution in [0.2, 0.25) is 0 Å². The van der Waals surface area contributed by atoms with E-state index in [1.54, 1.807) is 51.1 Å². The second-order valence-electron chi connectivity index (χ2n) is 9.79. The van der Waals surface area contributed by atoms with Crippen LogP contribution in [0, 0.1) is 5.82 Å². The van der Waals surface area contributed by atoms with Crippen molar-refractivity contribution in [2.75, 3.05) is 7.11 Å². The Morgan fingerprint density at radius 2 is 1.79 bits per heavy atom. The van der Waals surface area contributed by atoms with E-state index in [2.05, 4.69) is 6.58 Å². The average molecular weight is 544 g/mol. The molecular formula is C30H29F4NO4. The lowest BCUT2D eigenvalue weighted by Gasteiger charge is -2.21. The monoisotopic (exact) mass is 543 g/mol. The van der Waals surface area contributed by atoms with Gasteiger partial charge in [0.15, 0.2) is 6.10 Å². The number of carbonyl (C=O) groups is 1. The van der Waals surface area contributed by atoms with E-state index in [-0.39, 0.29) is 29.5 Å². The van der Waals surface area contributed by atoms with Crippen LogP contribution in [0.15, 0.2) is 66.9 Å². The highest BCUT2D eigenvalue weighted by molar-refractivity contribution is 5.77. The lowest BCUT2D eigenvalue weighted by molar-refractivity contribution is -0.137. The van der Waals surface area contributed by atoms with Gasteiger partial charge in [0.05, 0.1) is 31.0 Å². The summed E-state index contributed by atoms with van der Waals surface area (Å²) in [4.78, 5) is 14.1. The number of amides is 1. The molecule has 9 heteroatoms. The van der Waals surface area contributed by atoms with Gasteiger partial charge < -0.3 is 14.6 Å². The Labute approximate surface area is 224 Å². The number of hydrogen-bond acceptors (Lipinski definition) is 4. The highest BCUT2D eigenvalue weighted by Gasteiger charge is 2.38. The summed E-state index contributed by atoms with van der Waals surface area (Å²) >= 11 is 0. The quantitative estimate of drug-likeness (QED) is 0.308. The van der Waals surface area contributed by atoms with Crippen molar-refractivity contribution in [1.29, 1.82) is 0 Å². The molecule has 0 saturated carbocycles. The van der Waals surface area contributed by atoms with E-state index in [9.17, 15) is 27.5 Å². The molecule has 5 nitrogen and oxygen atoms in total. The number of alkyl halides is 3. The van der Waals surface area contributed by atoms with Crippen molar-refractivity contribution in [3.05, 3.63) is 101 Å². The Hall–Kier alpha value is -3.85. The molecule has 3 aromatic carbocycles. The summed E-state index contributed by atoms with van der Waals surface area (Å²) in [6, 6.07) is 12.8. The minimum Gasteiger partial charge on any atom is -0.496 e. The lowest BCUT2D eigenvalue weighted by atomic mass is 9.92. The van der Waals surface area contributed by atoms with Crippen LogP contribution in [0.25, 0.3) is 11.1 Å². The van der Waals surface area contributed by atoms with Gasteiger partial charge in [0.2, 0.25) is 0 Å². The summed E-state index contributed by atoms with van der Waals surface area (Å²) in [5.41, 5.74) is 1.79. The molecule has 2 atom stereocenters. The number of ether oxygens (including phenoxy) is 2. The van der Waals surface area contributed by atoms with E-state index in [0.717, 1.165) is 12.1 Å². The van der Waals surface area contributed by atoms with Gasteiger partial charge in [-0.1, -0.05) is 44.7 Å². The highest BCUT2D eigenvalue weighted by atomic mass is 19.4. The van der Waals surface area contributed by atoms with Crippen LogP contribution in [0.3, 0.4) is 0 Å². The average Bonchev–Trinajstić information content (AvgIpc) is 3.16. The van der Waals surface area contributed by atoms with E-state index >= 15 is 0 Å². The molecule has 4 rings (SSSR count).